The van der Waals surface area contributed by atoms with E-state index >= 15 is 0 Å². The zero-order chi connectivity index (χ0) is 24.0. The Morgan fingerprint density at radius 2 is 1.59 bits per heavy atom. The predicted molar refractivity (Wildman–Crippen MR) is 130 cm³/mol. The van der Waals surface area contributed by atoms with Gasteiger partial charge in [-0.1, -0.05) is 35.9 Å². The van der Waals surface area contributed by atoms with Crippen LogP contribution in [0.15, 0.2) is 60.3 Å². The quantitative estimate of drug-likeness (QED) is 0.547. The Labute approximate surface area is 198 Å². The van der Waals surface area contributed by atoms with Crippen LogP contribution in [0.3, 0.4) is 0 Å². The second-order valence-electron chi connectivity index (χ2n) is 8.88. The number of ether oxygens (including phenoxy) is 2. The zero-order valence-corrected chi connectivity index (χ0v) is 19.7. The summed E-state index contributed by atoms with van der Waals surface area (Å²) in [6.07, 6.45) is 0. The first-order valence-corrected chi connectivity index (χ1v) is 11.2. The SMILES string of the molecule is Cc1ccc(C2=C(Nc3ccc(C)c(C)c3)C(=O)N(Cc3ccc4c(c3)OCO4)C2=O)c(C)c1. The van der Waals surface area contributed by atoms with Crippen LogP contribution in [-0.2, 0) is 16.1 Å². The summed E-state index contributed by atoms with van der Waals surface area (Å²) in [4.78, 5) is 28.6. The van der Waals surface area contributed by atoms with Crippen molar-refractivity contribution < 1.29 is 19.1 Å². The van der Waals surface area contributed by atoms with Crippen LogP contribution in [0.5, 0.6) is 11.5 Å². The molecule has 3 aromatic rings. The summed E-state index contributed by atoms with van der Waals surface area (Å²) in [7, 11) is 0. The van der Waals surface area contributed by atoms with E-state index in [9.17, 15) is 9.59 Å². The highest BCUT2D eigenvalue weighted by atomic mass is 16.7. The third-order valence-electron chi connectivity index (χ3n) is 6.37. The van der Waals surface area contributed by atoms with Crippen molar-refractivity contribution in [2.45, 2.75) is 34.2 Å². The molecule has 0 aromatic heterocycles. The molecule has 0 aliphatic carbocycles. The van der Waals surface area contributed by atoms with Crippen molar-refractivity contribution in [3.8, 4) is 11.5 Å². The molecule has 172 valence electrons. The predicted octanol–water partition coefficient (Wildman–Crippen LogP) is 5.04. The summed E-state index contributed by atoms with van der Waals surface area (Å²) < 4.78 is 10.8. The van der Waals surface area contributed by atoms with Crippen LogP contribution in [0.2, 0.25) is 0 Å². The monoisotopic (exact) mass is 454 g/mol. The molecule has 0 atom stereocenters. The molecule has 2 aliphatic rings. The van der Waals surface area contributed by atoms with E-state index in [2.05, 4.69) is 5.32 Å². The van der Waals surface area contributed by atoms with Crippen LogP contribution >= 0.6 is 0 Å². The lowest BCUT2D eigenvalue weighted by molar-refractivity contribution is -0.137. The van der Waals surface area contributed by atoms with Crippen LogP contribution in [-0.4, -0.2) is 23.5 Å². The first-order chi connectivity index (χ1) is 16.3. The van der Waals surface area contributed by atoms with E-state index < -0.39 is 0 Å². The summed E-state index contributed by atoms with van der Waals surface area (Å²) in [5, 5.41) is 3.26. The highest BCUT2D eigenvalue weighted by Crippen LogP contribution is 2.36. The highest BCUT2D eigenvalue weighted by Gasteiger charge is 2.40. The summed E-state index contributed by atoms with van der Waals surface area (Å²) in [6.45, 7) is 8.34. The van der Waals surface area contributed by atoms with Crippen LogP contribution in [0.4, 0.5) is 5.69 Å². The van der Waals surface area contributed by atoms with E-state index in [1.165, 1.54) is 4.90 Å². The number of carbonyl (C=O) groups excluding carboxylic acids is 2. The van der Waals surface area contributed by atoms with Crippen LogP contribution < -0.4 is 14.8 Å². The molecule has 2 heterocycles. The lowest BCUT2D eigenvalue weighted by atomic mass is 9.97. The van der Waals surface area contributed by atoms with Crippen molar-refractivity contribution in [2.24, 2.45) is 0 Å². The number of hydrogen-bond donors (Lipinski definition) is 1. The molecular weight excluding hydrogens is 428 g/mol. The molecule has 0 spiro atoms. The minimum absolute atomic E-state index is 0.140. The number of carbonyl (C=O) groups is 2. The number of amides is 2. The van der Waals surface area contributed by atoms with Gasteiger partial charge in [0.25, 0.3) is 11.8 Å². The third-order valence-corrected chi connectivity index (χ3v) is 6.37. The average Bonchev–Trinajstić information content (AvgIpc) is 3.35. The third kappa shape index (κ3) is 3.81. The number of imide groups is 1. The van der Waals surface area contributed by atoms with Gasteiger partial charge in [-0.15, -0.1) is 0 Å². The van der Waals surface area contributed by atoms with E-state index in [0.29, 0.717) is 22.8 Å². The van der Waals surface area contributed by atoms with Gasteiger partial charge in [-0.3, -0.25) is 14.5 Å². The average molecular weight is 455 g/mol. The van der Waals surface area contributed by atoms with Gasteiger partial charge in [0.05, 0.1) is 12.1 Å². The molecule has 2 amide bonds. The molecule has 0 saturated carbocycles. The van der Waals surface area contributed by atoms with Gasteiger partial charge >= 0.3 is 0 Å². The maximum atomic E-state index is 13.7. The number of rotatable bonds is 5. The van der Waals surface area contributed by atoms with E-state index in [0.717, 1.165) is 39.1 Å². The molecule has 0 fully saturated rings. The smallest absolute Gasteiger partial charge is 0.278 e. The van der Waals surface area contributed by atoms with E-state index in [1.54, 1.807) is 6.07 Å². The summed E-state index contributed by atoms with van der Waals surface area (Å²) >= 11 is 0. The number of fused-ring (bicyclic) bond motifs is 1. The maximum absolute atomic E-state index is 13.7. The normalized spacial score (nSPS) is 14.9. The van der Waals surface area contributed by atoms with Crippen LogP contribution in [0, 0.1) is 27.7 Å². The summed E-state index contributed by atoms with van der Waals surface area (Å²) in [5.74, 6) is 0.610. The Hall–Kier alpha value is -4.06. The molecular formula is C28H26N2O4. The van der Waals surface area contributed by atoms with Gasteiger partial charge < -0.3 is 14.8 Å². The van der Waals surface area contributed by atoms with Gasteiger partial charge in [0.15, 0.2) is 11.5 Å². The number of benzene rings is 3. The number of nitrogens with zero attached hydrogens (tertiary/aromatic N) is 1. The van der Waals surface area contributed by atoms with E-state index in [4.69, 9.17) is 9.47 Å². The first-order valence-electron chi connectivity index (χ1n) is 11.2. The molecule has 3 aromatic carbocycles. The molecule has 0 saturated heterocycles. The molecule has 6 heteroatoms. The maximum Gasteiger partial charge on any atom is 0.278 e. The number of nitrogens with one attached hydrogen (secondary N) is 1. The number of hydrogen-bond acceptors (Lipinski definition) is 5. The molecule has 34 heavy (non-hydrogen) atoms. The van der Waals surface area contributed by atoms with Gasteiger partial charge in [-0.2, -0.15) is 0 Å². The second-order valence-corrected chi connectivity index (χ2v) is 8.88. The molecule has 0 radical (unpaired) electrons. The van der Waals surface area contributed by atoms with Crippen LogP contribution in [0.25, 0.3) is 5.57 Å². The topological polar surface area (TPSA) is 67.9 Å². The fourth-order valence-electron chi connectivity index (χ4n) is 4.36. The lowest BCUT2D eigenvalue weighted by Crippen LogP contribution is -2.32. The van der Waals surface area contributed by atoms with Crippen molar-refractivity contribution in [1.82, 2.24) is 4.90 Å². The van der Waals surface area contributed by atoms with Crippen molar-refractivity contribution in [3.05, 3.63) is 93.7 Å². The standard InChI is InChI=1S/C28H26N2O4/c1-16-5-9-22(19(4)11-16)25-26(29-21-8-6-17(2)18(3)12-21)28(32)30(27(25)31)14-20-7-10-23-24(13-20)34-15-33-23/h5-13,29H,14-15H2,1-4H3. The van der Waals surface area contributed by atoms with Crippen molar-refractivity contribution in [3.63, 3.8) is 0 Å². The molecule has 2 aliphatic heterocycles. The molecule has 5 rings (SSSR count). The summed E-state index contributed by atoms with van der Waals surface area (Å²) in [5.41, 5.74) is 7.30. The van der Waals surface area contributed by atoms with E-state index in [-0.39, 0.29) is 25.2 Å². The first kappa shape index (κ1) is 21.8. The number of aryl methyl sites for hydroxylation is 4. The fourth-order valence-corrected chi connectivity index (χ4v) is 4.36. The van der Waals surface area contributed by atoms with E-state index in [1.807, 2.05) is 76.2 Å². The Morgan fingerprint density at radius 3 is 2.35 bits per heavy atom. The van der Waals surface area contributed by atoms with Crippen molar-refractivity contribution >= 4 is 23.1 Å². The Kier molecular flexibility index (Phi) is 5.36. The van der Waals surface area contributed by atoms with Gasteiger partial charge in [0, 0.05) is 5.69 Å². The Balaban J connectivity index is 1.54. The molecule has 1 N–H and O–H groups in total. The largest absolute Gasteiger partial charge is 0.454 e. The van der Waals surface area contributed by atoms with Gasteiger partial charge in [0.1, 0.15) is 5.70 Å². The minimum atomic E-state index is -0.351. The Bertz CT molecular complexity index is 1370. The number of anilines is 1. The van der Waals surface area contributed by atoms with Crippen molar-refractivity contribution in [2.75, 3.05) is 12.1 Å². The lowest BCUT2D eigenvalue weighted by Gasteiger charge is -2.16. The second kappa shape index (κ2) is 8.37. The molecule has 0 unspecified atom stereocenters. The van der Waals surface area contributed by atoms with Crippen molar-refractivity contribution in [1.29, 1.82) is 0 Å². The van der Waals surface area contributed by atoms with Gasteiger partial charge in [0.2, 0.25) is 6.79 Å². The van der Waals surface area contributed by atoms with Crippen LogP contribution in [0.1, 0.15) is 33.4 Å². The summed E-state index contributed by atoms with van der Waals surface area (Å²) in [6, 6.07) is 17.3. The Morgan fingerprint density at radius 1 is 0.794 bits per heavy atom. The highest BCUT2D eigenvalue weighted by molar-refractivity contribution is 6.36. The molecule has 0 bridgehead atoms. The minimum Gasteiger partial charge on any atom is -0.454 e. The fraction of sp³-hybridized carbons (Fsp3) is 0.214. The molecule has 6 nitrogen and oxygen atoms in total. The van der Waals surface area contributed by atoms with Gasteiger partial charge in [-0.25, -0.2) is 0 Å². The zero-order valence-electron chi connectivity index (χ0n) is 19.7. The van der Waals surface area contributed by atoms with Gasteiger partial charge in [-0.05, 0) is 79.8 Å².